The van der Waals surface area contributed by atoms with Gasteiger partial charge in [0.15, 0.2) is 0 Å². The number of ether oxygens (including phenoxy) is 2. The van der Waals surface area contributed by atoms with Crippen molar-refractivity contribution in [1.29, 1.82) is 0 Å². The van der Waals surface area contributed by atoms with Gasteiger partial charge in [-0.25, -0.2) is 4.79 Å². The van der Waals surface area contributed by atoms with E-state index in [0.29, 0.717) is 11.3 Å². The number of benzene rings is 2. The largest absolute Gasteiger partial charge is 0.488 e. The molecule has 160 valence electrons. The third kappa shape index (κ3) is 5.52. The molecule has 2 amide bonds. The number of rotatable bonds is 8. The fraction of sp³-hybridized carbons (Fsp3) is 0.182. The zero-order valence-electron chi connectivity index (χ0n) is 16.6. The first-order valence-corrected chi connectivity index (χ1v) is 10.2. The van der Waals surface area contributed by atoms with E-state index in [0.717, 1.165) is 22.2 Å². The zero-order chi connectivity index (χ0) is 22.4. The van der Waals surface area contributed by atoms with Crippen LogP contribution in [-0.2, 0) is 20.9 Å². The van der Waals surface area contributed by atoms with Crippen LogP contribution in [0.2, 0.25) is 0 Å². The topological polar surface area (TPSA) is 110 Å². The Bertz CT molecular complexity index is 1050. The summed E-state index contributed by atoms with van der Waals surface area (Å²) in [6, 6.07) is 13.3. The molecule has 0 radical (unpaired) electrons. The Morgan fingerprint density at radius 3 is 2.48 bits per heavy atom. The van der Waals surface area contributed by atoms with E-state index in [-0.39, 0.29) is 23.7 Å². The van der Waals surface area contributed by atoms with Gasteiger partial charge in [0.2, 0.25) is 0 Å². The van der Waals surface area contributed by atoms with E-state index in [9.17, 15) is 19.2 Å². The van der Waals surface area contributed by atoms with Crippen LogP contribution in [0.1, 0.15) is 28.4 Å². The molecule has 0 spiro atoms. The molecule has 0 saturated carbocycles. The molecule has 1 N–H and O–H groups in total. The molecule has 1 aliphatic heterocycles. The van der Waals surface area contributed by atoms with Gasteiger partial charge in [-0.15, -0.1) is 0 Å². The molecule has 0 bridgehead atoms. The molecular weight excluding hydrogens is 422 g/mol. The average molecular weight is 441 g/mol. The Labute approximate surface area is 182 Å². The molecule has 1 fully saturated rings. The van der Waals surface area contributed by atoms with E-state index < -0.39 is 29.6 Å². The Morgan fingerprint density at radius 2 is 1.81 bits per heavy atom. The maximum atomic E-state index is 12.6. The molecule has 0 aliphatic carbocycles. The first kappa shape index (κ1) is 22.1. The van der Waals surface area contributed by atoms with Gasteiger partial charge in [-0.1, -0.05) is 30.3 Å². The highest BCUT2D eigenvalue weighted by Gasteiger charge is 2.36. The van der Waals surface area contributed by atoms with Crippen LogP contribution in [0.3, 0.4) is 0 Å². The smallest absolute Gasteiger partial charge is 0.335 e. The van der Waals surface area contributed by atoms with Gasteiger partial charge in [-0.05, 0) is 48.5 Å². The van der Waals surface area contributed by atoms with Gasteiger partial charge in [0.25, 0.3) is 11.1 Å². The molecule has 1 heterocycles. The number of carbonyl (C=O) groups is 4. The second kappa shape index (κ2) is 9.94. The number of imide groups is 1. The summed E-state index contributed by atoms with van der Waals surface area (Å²) in [5.41, 5.74) is 1.54. The quantitative estimate of drug-likeness (QED) is 0.489. The lowest BCUT2D eigenvalue weighted by atomic mass is 10.1. The summed E-state index contributed by atoms with van der Waals surface area (Å²) in [5.74, 6) is -1.73. The molecule has 2 aromatic rings. The number of carboxylic acids is 1. The minimum Gasteiger partial charge on any atom is -0.488 e. The first-order valence-electron chi connectivity index (χ1n) is 9.34. The minimum atomic E-state index is -1.00. The summed E-state index contributed by atoms with van der Waals surface area (Å²) in [6.07, 6.45) is 1.54. The lowest BCUT2D eigenvalue weighted by molar-refractivity contribution is -0.145. The van der Waals surface area contributed by atoms with Crippen LogP contribution in [-0.4, -0.2) is 46.2 Å². The van der Waals surface area contributed by atoms with E-state index in [1.54, 1.807) is 49.4 Å². The van der Waals surface area contributed by atoms with Crippen molar-refractivity contribution in [3.63, 3.8) is 0 Å². The summed E-state index contributed by atoms with van der Waals surface area (Å²) in [6.45, 7) is 1.56. The van der Waals surface area contributed by atoms with Gasteiger partial charge in [0.05, 0.1) is 17.1 Å². The van der Waals surface area contributed by atoms with Crippen molar-refractivity contribution in [2.75, 3.05) is 13.2 Å². The molecule has 0 aromatic heterocycles. The molecule has 9 heteroatoms. The average Bonchev–Trinajstić information content (AvgIpc) is 3.01. The number of thioether (sulfide) groups is 1. The number of para-hydroxylation sites is 1. The first-order chi connectivity index (χ1) is 14.9. The van der Waals surface area contributed by atoms with Gasteiger partial charge in [0.1, 0.15) is 18.9 Å². The summed E-state index contributed by atoms with van der Waals surface area (Å²) >= 11 is 0.744. The van der Waals surface area contributed by atoms with Crippen LogP contribution in [0.5, 0.6) is 5.75 Å². The normalized spacial score (nSPS) is 14.7. The van der Waals surface area contributed by atoms with E-state index in [1.807, 2.05) is 0 Å². The Balaban J connectivity index is 1.73. The fourth-order valence-corrected chi connectivity index (χ4v) is 3.58. The summed E-state index contributed by atoms with van der Waals surface area (Å²) in [4.78, 5) is 48.3. The zero-order valence-corrected chi connectivity index (χ0v) is 17.4. The summed E-state index contributed by atoms with van der Waals surface area (Å²) in [5, 5.41) is 8.43. The number of aromatic carboxylic acids is 1. The Kier molecular flexibility index (Phi) is 7.09. The number of hydrogen-bond acceptors (Lipinski definition) is 7. The summed E-state index contributed by atoms with van der Waals surface area (Å²) < 4.78 is 10.6. The molecule has 3 rings (SSSR count). The van der Waals surface area contributed by atoms with Gasteiger partial charge >= 0.3 is 11.9 Å². The fourth-order valence-electron chi connectivity index (χ4n) is 2.75. The molecule has 1 aliphatic rings. The van der Waals surface area contributed by atoms with Crippen LogP contribution in [0.25, 0.3) is 6.08 Å². The number of amides is 2. The number of nitrogens with zero attached hydrogens (tertiary/aromatic N) is 1. The van der Waals surface area contributed by atoms with Gasteiger partial charge in [-0.2, -0.15) is 0 Å². The number of hydrogen-bond donors (Lipinski definition) is 1. The van der Waals surface area contributed by atoms with E-state index in [1.165, 1.54) is 12.1 Å². The van der Waals surface area contributed by atoms with Crippen molar-refractivity contribution >= 4 is 40.9 Å². The molecule has 31 heavy (non-hydrogen) atoms. The predicted molar refractivity (Wildman–Crippen MR) is 113 cm³/mol. The van der Waals surface area contributed by atoms with Crippen molar-refractivity contribution in [3.05, 3.63) is 70.1 Å². The van der Waals surface area contributed by atoms with E-state index in [4.69, 9.17) is 14.6 Å². The SMILES string of the molecule is CCOC(=O)CN1C(=O)S/C(=C\c2ccccc2OCc2ccc(C(=O)O)cc2)C1=O. The van der Waals surface area contributed by atoms with Gasteiger partial charge < -0.3 is 14.6 Å². The van der Waals surface area contributed by atoms with Crippen LogP contribution < -0.4 is 4.74 Å². The molecule has 2 aromatic carbocycles. The van der Waals surface area contributed by atoms with Crippen molar-refractivity contribution in [2.45, 2.75) is 13.5 Å². The second-order valence-electron chi connectivity index (χ2n) is 6.40. The Morgan fingerprint density at radius 1 is 1.10 bits per heavy atom. The van der Waals surface area contributed by atoms with Gasteiger partial charge in [-0.3, -0.25) is 19.3 Å². The minimum absolute atomic E-state index is 0.161. The van der Waals surface area contributed by atoms with Crippen molar-refractivity contribution < 1.29 is 33.8 Å². The number of carboxylic acid groups (broad SMARTS) is 1. The Hall–Kier alpha value is -3.59. The lowest BCUT2D eigenvalue weighted by Crippen LogP contribution is -2.34. The van der Waals surface area contributed by atoms with Crippen LogP contribution >= 0.6 is 11.8 Å². The lowest BCUT2D eigenvalue weighted by Gasteiger charge is -2.11. The summed E-state index contributed by atoms with van der Waals surface area (Å²) in [7, 11) is 0. The highest BCUT2D eigenvalue weighted by molar-refractivity contribution is 8.18. The maximum Gasteiger partial charge on any atom is 0.335 e. The number of carbonyl (C=O) groups excluding carboxylic acids is 3. The predicted octanol–water partition coefficient (Wildman–Crippen LogP) is 3.56. The van der Waals surface area contributed by atoms with Crippen molar-refractivity contribution in [3.8, 4) is 5.75 Å². The van der Waals surface area contributed by atoms with Crippen LogP contribution in [0, 0.1) is 0 Å². The standard InChI is InChI=1S/C22H19NO7S/c1-2-29-19(24)12-23-20(25)18(31-22(23)28)11-16-5-3-4-6-17(16)30-13-14-7-9-15(10-8-14)21(26)27/h3-11H,2,12-13H2,1H3,(H,26,27)/b18-11-. The molecule has 1 saturated heterocycles. The maximum absolute atomic E-state index is 12.6. The molecular formula is C22H19NO7S. The van der Waals surface area contributed by atoms with Crippen LogP contribution in [0.15, 0.2) is 53.4 Å². The highest BCUT2D eigenvalue weighted by atomic mass is 32.2. The highest BCUT2D eigenvalue weighted by Crippen LogP contribution is 2.34. The van der Waals surface area contributed by atoms with Crippen LogP contribution in [0.4, 0.5) is 4.79 Å². The third-order valence-electron chi connectivity index (χ3n) is 4.27. The third-order valence-corrected chi connectivity index (χ3v) is 5.17. The van der Waals surface area contributed by atoms with Crippen molar-refractivity contribution in [1.82, 2.24) is 4.90 Å². The van der Waals surface area contributed by atoms with Gasteiger partial charge in [0, 0.05) is 5.56 Å². The molecule has 8 nitrogen and oxygen atoms in total. The molecule has 0 atom stereocenters. The monoisotopic (exact) mass is 441 g/mol. The van der Waals surface area contributed by atoms with E-state index in [2.05, 4.69) is 0 Å². The second-order valence-corrected chi connectivity index (χ2v) is 7.39. The number of esters is 1. The van der Waals surface area contributed by atoms with Crippen molar-refractivity contribution in [2.24, 2.45) is 0 Å². The molecule has 0 unspecified atom stereocenters. The van der Waals surface area contributed by atoms with E-state index >= 15 is 0 Å².